The molecule has 1 aliphatic rings. The molecule has 0 spiro atoms. The molecule has 1 saturated heterocycles. The van der Waals surface area contributed by atoms with Crippen LogP contribution in [0.4, 0.5) is 5.82 Å². The van der Waals surface area contributed by atoms with Crippen molar-refractivity contribution in [2.24, 2.45) is 5.92 Å². The van der Waals surface area contributed by atoms with Gasteiger partial charge >= 0.3 is 0 Å². The molecule has 0 amide bonds. The fraction of sp³-hybridized carbons (Fsp3) is 0.286. The lowest BCUT2D eigenvalue weighted by atomic mass is 9.90. The second kappa shape index (κ2) is 6.41. The SMILES string of the molecule is c1ccc(CC2CCN(c3ccc4ccccc4n3)CC2)cc1. The molecule has 0 bridgehead atoms. The van der Waals surface area contributed by atoms with Crippen LogP contribution in [0.15, 0.2) is 66.7 Å². The zero-order valence-electron chi connectivity index (χ0n) is 13.4. The van der Waals surface area contributed by atoms with E-state index in [0.717, 1.165) is 30.3 Å². The number of hydrogen-bond donors (Lipinski definition) is 0. The first-order valence-corrected chi connectivity index (χ1v) is 8.53. The van der Waals surface area contributed by atoms with Crippen LogP contribution in [0.3, 0.4) is 0 Å². The molecule has 1 fully saturated rings. The number of hydrogen-bond acceptors (Lipinski definition) is 2. The molecule has 0 unspecified atom stereocenters. The number of aromatic nitrogens is 1. The quantitative estimate of drug-likeness (QED) is 0.697. The molecule has 2 nitrogen and oxygen atoms in total. The van der Waals surface area contributed by atoms with Crippen LogP contribution >= 0.6 is 0 Å². The Kier molecular flexibility index (Phi) is 3.97. The van der Waals surface area contributed by atoms with Crippen molar-refractivity contribution in [3.8, 4) is 0 Å². The Morgan fingerprint density at radius 2 is 1.57 bits per heavy atom. The summed E-state index contributed by atoms with van der Waals surface area (Å²) in [5.74, 6) is 1.93. The molecule has 2 aromatic carbocycles. The van der Waals surface area contributed by atoms with Crippen molar-refractivity contribution in [3.05, 3.63) is 72.3 Å². The molecule has 4 rings (SSSR count). The van der Waals surface area contributed by atoms with Gasteiger partial charge in [-0.15, -0.1) is 0 Å². The smallest absolute Gasteiger partial charge is 0.129 e. The van der Waals surface area contributed by atoms with Crippen LogP contribution in [0.1, 0.15) is 18.4 Å². The second-order valence-electron chi connectivity index (χ2n) is 6.48. The van der Waals surface area contributed by atoms with Gasteiger partial charge in [0.25, 0.3) is 0 Å². The standard InChI is InChI=1S/C21H22N2/c1-2-6-17(7-3-1)16-18-12-14-23(15-13-18)21-11-10-19-8-4-5-9-20(19)22-21/h1-11,18H,12-16H2. The van der Waals surface area contributed by atoms with Crippen LogP contribution < -0.4 is 4.90 Å². The van der Waals surface area contributed by atoms with E-state index in [9.17, 15) is 0 Å². The van der Waals surface area contributed by atoms with Gasteiger partial charge < -0.3 is 4.90 Å². The normalized spacial score (nSPS) is 15.9. The lowest BCUT2D eigenvalue weighted by molar-refractivity contribution is 0.402. The van der Waals surface area contributed by atoms with E-state index in [1.807, 2.05) is 0 Å². The lowest BCUT2D eigenvalue weighted by Gasteiger charge is -2.33. The average Bonchev–Trinajstić information content (AvgIpc) is 2.63. The van der Waals surface area contributed by atoms with Crippen LogP contribution in [0.25, 0.3) is 10.9 Å². The fourth-order valence-electron chi connectivity index (χ4n) is 3.55. The van der Waals surface area contributed by atoms with E-state index >= 15 is 0 Å². The summed E-state index contributed by atoms with van der Waals surface area (Å²) in [4.78, 5) is 7.27. The molecule has 0 saturated carbocycles. The van der Waals surface area contributed by atoms with Crippen molar-refractivity contribution in [3.63, 3.8) is 0 Å². The van der Waals surface area contributed by atoms with Crippen LogP contribution in [-0.4, -0.2) is 18.1 Å². The maximum absolute atomic E-state index is 4.83. The minimum atomic E-state index is 0.800. The maximum Gasteiger partial charge on any atom is 0.129 e. The van der Waals surface area contributed by atoms with Crippen molar-refractivity contribution in [2.45, 2.75) is 19.3 Å². The zero-order valence-corrected chi connectivity index (χ0v) is 13.4. The van der Waals surface area contributed by atoms with Crippen molar-refractivity contribution >= 4 is 16.7 Å². The highest BCUT2D eigenvalue weighted by Crippen LogP contribution is 2.26. The van der Waals surface area contributed by atoms with Gasteiger partial charge in [-0.2, -0.15) is 0 Å². The molecular weight excluding hydrogens is 280 g/mol. The number of anilines is 1. The molecule has 0 atom stereocenters. The van der Waals surface area contributed by atoms with Crippen molar-refractivity contribution in [1.82, 2.24) is 4.98 Å². The highest BCUT2D eigenvalue weighted by Gasteiger charge is 2.20. The van der Waals surface area contributed by atoms with Crippen LogP contribution in [0, 0.1) is 5.92 Å². The summed E-state index contributed by atoms with van der Waals surface area (Å²) >= 11 is 0. The number of benzene rings is 2. The molecule has 0 N–H and O–H groups in total. The van der Waals surface area contributed by atoms with Crippen LogP contribution in [0.5, 0.6) is 0 Å². The van der Waals surface area contributed by atoms with E-state index in [0.29, 0.717) is 0 Å². The molecule has 1 aliphatic heterocycles. The molecule has 2 heterocycles. The Hall–Kier alpha value is -2.35. The molecule has 1 aromatic heterocycles. The Morgan fingerprint density at radius 1 is 0.826 bits per heavy atom. The van der Waals surface area contributed by atoms with Gasteiger partial charge in [0.2, 0.25) is 0 Å². The van der Waals surface area contributed by atoms with Crippen molar-refractivity contribution in [1.29, 1.82) is 0 Å². The number of fused-ring (bicyclic) bond motifs is 1. The third kappa shape index (κ3) is 3.21. The van der Waals surface area contributed by atoms with Gasteiger partial charge in [-0.3, -0.25) is 0 Å². The number of piperidine rings is 1. The third-order valence-corrected chi connectivity index (χ3v) is 4.89. The molecule has 3 aromatic rings. The molecule has 2 heteroatoms. The lowest BCUT2D eigenvalue weighted by Crippen LogP contribution is -2.34. The monoisotopic (exact) mass is 302 g/mol. The van der Waals surface area contributed by atoms with E-state index in [-0.39, 0.29) is 0 Å². The molecule has 0 radical (unpaired) electrons. The zero-order chi connectivity index (χ0) is 15.5. The summed E-state index contributed by atoms with van der Waals surface area (Å²) in [7, 11) is 0. The van der Waals surface area contributed by atoms with Crippen LogP contribution in [-0.2, 0) is 6.42 Å². The van der Waals surface area contributed by atoms with Gasteiger partial charge in [0, 0.05) is 18.5 Å². The van der Waals surface area contributed by atoms with E-state index in [4.69, 9.17) is 4.98 Å². The summed E-state index contributed by atoms with van der Waals surface area (Å²) in [5, 5.41) is 1.22. The van der Waals surface area contributed by atoms with Crippen molar-refractivity contribution < 1.29 is 0 Å². The van der Waals surface area contributed by atoms with Gasteiger partial charge in [-0.05, 0) is 48.9 Å². The Bertz CT molecular complexity index is 774. The van der Waals surface area contributed by atoms with Gasteiger partial charge in [-0.25, -0.2) is 4.98 Å². The van der Waals surface area contributed by atoms with E-state index in [1.165, 1.54) is 30.2 Å². The molecule has 0 aliphatic carbocycles. The average molecular weight is 302 g/mol. The van der Waals surface area contributed by atoms with Gasteiger partial charge in [0.05, 0.1) is 5.52 Å². The topological polar surface area (TPSA) is 16.1 Å². The number of rotatable bonds is 3. The van der Waals surface area contributed by atoms with Gasteiger partial charge in [-0.1, -0.05) is 48.5 Å². The number of nitrogens with zero attached hydrogens (tertiary/aromatic N) is 2. The van der Waals surface area contributed by atoms with Crippen molar-refractivity contribution in [2.75, 3.05) is 18.0 Å². The minimum absolute atomic E-state index is 0.800. The first-order valence-electron chi connectivity index (χ1n) is 8.53. The van der Waals surface area contributed by atoms with E-state index < -0.39 is 0 Å². The largest absolute Gasteiger partial charge is 0.357 e. The summed E-state index contributed by atoms with van der Waals surface area (Å²) in [6, 6.07) is 23.6. The van der Waals surface area contributed by atoms with Crippen LogP contribution in [0.2, 0.25) is 0 Å². The predicted molar refractivity (Wildman–Crippen MR) is 96.8 cm³/mol. The first-order chi connectivity index (χ1) is 11.4. The third-order valence-electron chi connectivity index (χ3n) is 4.89. The van der Waals surface area contributed by atoms with E-state index in [1.54, 1.807) is 0 Å². The number of para-hydroxylation sites is 1. The fourth-order valence-corrected chi connectivity index (χ4v) is 3.55. The molecular formula is C21H22N2. The summed E-state index contributed by atoms with van der Waals surface area (Å²) < 4.78 is 0. The summed E-state index contributed by atoms with van der Waals surface area (Å²) in [6.07, 6.45) is 3.71. The van der Waals surface area contributed by atoms with Gasteiger partial charge in [0.1, 0.15) is 5.82 Å². The molecule has 23 heavy (non-hydrogen) atoms. The molecule has 116 valence electrons. The Balaban J connectivity index is 1.42. The Labute approximate surface area is 137 Å². The highest BCUT2D eigenvalue weighted by atomic mass is 15.2. The first kappa shape index (κ1) is 14.3. The van der Waals surface area contributed by atoms with Gasteiger partial charge in [0.15, 0.2) is 0 Å². The Morgan fingerprint density at radius 3 is 2.39 bits per heavy atom. The highest BCUT2D eigenvalue weighted by molar-refractivity contribution is 5.80. The van der Waals surface area contributed by atoms with E-state index in [2.05, 4.69) is 71.6 Å². The summed E-state index contributed by atoms with van der Waals surface area (Å²) in [5.41, 5.74) is 2.56. The number of pyridine rings is 1. The predicted octanol–water partition coefficient (Wildman–Crippen LogP) is 4.69. The minimum Gasteiger partial charge on any atom is -0.357 e. The second-order valence-corrected chi connectivity index (χ2v) is 6.48. The maximum atomic E-state index is 4.83. The summed E-state index contributed by atoms with van der Waals surface area (Å²) in [6.45, 7) is 2.23.